The van der Waals surface area contributed by atoms with Gasteiger partial charge in [0.15, 0.2) is 0 Å². The number of aliphatic imine (C=N–C) groups is 1. The van der Waals surface area contributed by atoms with Gasteiger partial charge < -0.3 is 14.6 Å². The fourth-order valence-electron chi connectivity index (χ4n) is 2.12. The van der Waals surface area contributed by atoms with Gasteiger partial charge in [-0.1, -0.05) is 36.4 Å². The molecule has 4 heteroatoms. The summed E-state index contributed by atoms with van der Waals surface area (Å²) in [6.45, 7) is 4.07. The van der Waals surface area contributed by atoms with Gasteiger partial charge in [-0.25, -0.2) is 4.99 Å². The second kappa shape index (κ2) is 6.50. The van der Waals surface area contributed by atoms with Gasteiger partial charge in [-0.05, 0) is 12.0 Å². The average Bonchev–Trinajstić information content (AvgIpc) is 2.85. The van der Waals surface area contributed by atoms with Gasteiger partial charge in [-0.2, -0.15) is 0 Å². The molecule has 0 amide bonds. The first kappa shape index (κ1) is 13.8. The first-order valence-corrected chi connectivity index (χ1v) is 6.33. The van der Waals surface area contributed by atoms with E-state index in [1.807, 2.05) is 30.3 Å². The van der Waals surface area contributed by atoms with Crippen molar-refractivity contribution in [1.29, 1.82) is 0 Å². The molecule has 0 unspecified atom stereocenters. The molecule has 0 bridgehead atoms. The van der Waals surface area contributed by atoms with Crippen molar-refractivity contribution in [2.75, 3.05) is 13.7 Å². The van der Waals surface area contributed by atoms with Crippen molar-refractivity contribution in [1.82, 2.24) is 0 Å². The normalized spacial score (nSPS) is 23.6. The maximum Gasteiger partial charge on any atom is 0.214 e. The van der Waals surface area contributed by atoms with Gasteiger partial charge >= 0.3 is 0 Å². The molecule has 2 rings (SSSR count). The van der Waals surface area contributed by atoms with E-state index in [0.717, 1.165) is 5.56 Å². The molecular formula is C15H19NO3. The zero-order valence-electron chi connectivity index (χ0n) is 11.0. The Bertz CT molecular complexity index is 444. The molecule has 0 fully saturated rings. The van der Waals surface area contributed by atoms with Crippen LogP contribution in [0.25, 0.3) is 0 Å². The third-order valence-electron chi connectivity index (χ3n) is 3.03. The molecular weight excluding hydrogens is 242 g/mol. The molecule has 0 saturated carbocycles. The van der Waals surface area contributed by atoms with E-state index < -0.39 is 6.10 Å². The van der Waals surface area contributed by atoms with E-state index in [1.165, 1.54) is 0 Å². The Morgan fingerprint density at radius 1 is 1.47 bits per heavy atom. The number of aliphatic hydroxyl groups is 1. The standard InChI is InChI=1S/C15H19NO3/c1-3-7-13(17)15-16-12(10-18-2)14(19-15)11-8-5-4-6-9-11/h3-6,8-9,12-14,17H,1,7,10H2,2H3/t12-,13+,14-/m0/s1. The minimum atomic E-state index is -0.731. The lowest BCUT2D eigenvalue weighted by molar-refractivity contribution is 0.108. The van der Waals surface area contributed by atoms with Crippen LogP contribution in [-0.2, 0) is 9.47 Å². The van der Waals surface area contributed by atoms with Crippen LogP contribution in [0.15, 0.2) is 48.0 Å². The van der Waals surface area contributed by atoms with Crippen molar-refractivity contribution in [3.63, 3.8) is 0 Å². The highest BCUT2D eigenvalue weighted by Gasteiger charge is 2.34. The summed E-state index contributed by atoms with van der Waals surface area (Å²) >= 11 is 0. The monoisotopic (exact) mass is 261 g/mol. The van der Waals surface area contributed by atoms with Crippen molar-refractivity contribution in [2.24, 2.45) is 4.99 Å². The highest BCUT2D eigenvalue weighted by Crippen LogP contribution is 2.30. The van der Waals surface area contributed by atoms with Crippen LogP contribution in [0.5, 0.6) is 0 Å². The highest BCUT2D eigenvalue weighted by atomic mass is 16.5. The molecule has 0 saturated heterocycles. The minimum Gasteiger partial charge on any atom is -0.469 e. The van der Waals surface area contributed by atoms with Crippen molar-refractivity contribution in [2.45, 2.75) is 24.7 Å². The smallest absolute Gasteiger partial charge is 0.214 e. The van der Waals surface area contributed by atoms with Crippen LogP contribution < -0.4 is 0 Å². The second-order valence-corrected chi connectivity index (χ2v) is 4.48. The molecule has 3 atom stereocenters. The molecule has 19 heavy (non-hydrogen) atoms. The number of hydrogen-bond donors (Lipinski definition) is 1. The fourth-order valence-corrected chi connectivity index (χ4v) is 2.12. The van der Waals surface area contributed by atoms with E-state index in [2.05, 4.69) is 11.6 Å². The van der Waals surface area contributed by atoms with E-state index in [4.69, 9.17) is 9.47 Å². The molecule has 4 nitrogen and oxygen atoms in total. The number of ether oxygens (including phenoxy) is 2. The number of methoxy groups -OCH3 is 1. The first-order chi connectivity index (χ1) is 9.26. The lowest BCUT2D eigenvalue weighted by atomic mass is 10.0. The quantitative estimate of drug-likeness (QED) is 0.798. The molecule has 1 aliphatic rings. The van der Waals surface area contributed by atoms with E-state index in [0.29, 0.717) is 18.9 Å². The lowest BCUT2D eigenvalue weighted by Gasteiger charge is -2.18. The predicted octanol–water partition coefficient (Wildman–Crippen LogP) is 2.11. The summed E-state index contributed by atoms with van der Waals surface area (Å²) in [6.07, 6.45) is 1.15. The largest absolute Gasteiger partial charge is 0.469 e. The maximum absolute atomic E-state index is 9.93. The van der Waals surface area contributed by atoms with Crippen molar-refractivity contribution in [3.05, 3.63) is 48.6 Å². The lowest BCUT2D eigenvalue weighted by Crippen LogP contribution is -2.21. The molecule has 102 valence electrons. The van der Waals surface area contributed by atoms with Gasteiger partial charge in [0.2, 0.25) is 5.90 Å². The molecule has 0 radical (unpaired) electrons. The molecule has 1 aromatic rings. The Labute approximate surface area is 113 Å². The van der Waals surface area contributed by atoms with Crippen LogP contribution in [0, 0.1) is 0 Å². The molecule has 0 aliphatic carbocycles. The highest BCUT2D eigenvalue weighted by molar-refractivity contribution is 5.82. The average molecular weight is 261 g/mol. The van der Waals surface area contributed by atoms with Gasteiger partial charge in [0.25, 0.3) is 0 Å². The second-order valence-electron chi connectivity index (χ2n) is 4.48. The number of nitrogens with zero attached hydrogens (tertiary/aromatic N) is 1. The van der Waals surface area contributed by atoms with Gasteiger partial charge in [0.1, 0.15) is 18.2 Å². The Hall–Kier alpha value is -1.65. The Morgan fingerprint density at radius 2 is 2.21 bits per heavy atom. The predicted molar refractivity (Wildman–Crippen MR) is 74.2 cm³/mol. The molecule has 1 heterocycles. The third-order valence-corrected chi connectivity index (χ3v) is 3.03. The van der Waals surface area contributed by atoms with E-state index in [9.17, 15) is 5.11 Å². The van der Waals surface area contributed by atoms with Crippen molar-refractivity contribution < 1.29 is 14.6 Å². The van der Waals surface area contributed by atoms with E-state index >= 15 is 0 Å². The van der Waals surface area contributed by atoms with Crippen molar-refractivity contribution >= 4 is 5.90 Å². The van der Waals surface area contributed by atoms with Crippen LogP contribution in [0.1, 0.15) is 18.1 Å². The van der Waals surface area contributed by atoms with Gasteiger partial charge in [0, 0.05) is 7.11 Å². The Balaban J connectivity index is 2.15. The van der Waals surface area contributed by atoms with Crippen LogP contribution in [0.4, 0.5) is 0 Å². The summed E-state index contributed by atoms with van der Waals surface area (Å²) in [7, 11) is 1.63. The summed E-state index contributed by atoms with van der Waals surface area (Å²) in [6, 6.07) is 9.73. The third kappa shape index (κ3) is 3.22. The fraction of sp³-hybridized carbons (Fsp3) is 0.400. The van der Waals surface area contributed by atoms with E-state index in [-0.39, 0.29) is 12.1 Å². The molecule has 1 aromatic carbocycles. The SMILES string of the molecule is C=CC[C@@H](O)C1=N[C@@H](COC)[C@H](c2ccccc2)O1. The van der Waals surface area contributed by atoms with Gasteiger partial charge in [-0.15, -0.1) is 6.58 Å². The minimum absolute atomic E-state index is 0.123. The molecule has 0 aromatic heterocycles. The van der Waals surface area contributed by atoms with Crippen LogP contribution >= 0.6 is 0 Å². The van der Waals surface area contributed by atoms with Crippen LogP contribution in [0.2, 0.25) is 0 Å². The number of aliphatic hydroxyl groups excluding tert-OH is 1. The number of benzene rings is 1. The zero-order valence-corrected chi connectivity index (χ0v) is 11.0. The molecule has 1 N–H and O–H groups in total. The van der Waals surface area contributed by atoms with Crippen molar-refractivity contribution in [3.8, 4) is 0 Å². The molecule has 1 aliphatic heterocycles. The van der Waals surface area contributed by atoms with Gasteiger partial charge in [0.05, 0.1) is 6.61 Å². The summed E-state index contributed by atoms with van der Waals surface area (Å²) in [4.78, 5) is 4.43. The summed E-state index contributed by atoms with van der Waals surface area (Å²) in [5.41, 5.74) is 1.04. The van der Waals surface area contributed by atoms with E-state index in [1.54, 1.807) is 13.2 Å². The number of rotatable bonds is 6. The Kier molecular flexibility index (Phi) is 4.71. The molecule has 0 spiro atoms. The number of hydrogen-bond acceptors (Lipinski definition) is 4. The summed E-state index contributed by atoms with van der Waals surface area (Å²) < 4.78 is 11.0. The topological polar surface area (TPSA) is 51.1 Å². The maximum atomic E-state index is 9.93. The summed E-state index contributed by atoms with van der Waals surface area (Å²) in [5.74, 6) is 0.371. The first-order valence-electron chi connectivity index (χ1n) is 6.33. The van der Waals surface area contributed by atoms with Crippen LogP contribution in [-0.4, -0.2) is 36.9 Å². The van der Waals surface area contributed by atoms with Crippen LogP contribution in [0.3, 0.4) is 0 Å². The summed E-state index contributed by atoms with van der Waals surface area (Å²) in [5, 5.41) is 9.93. The zero-order chi connectivity index (χ0) is 13.7. The Morgan fingerprint density at radius 3 is 2.84 bits per heavy atom. The van der Waals surface area contributed by atoms with Gasteiger partial charge in [-0.3, -0.25) is 0 Å².